The molecule has 0 fully saturated rings. The standard InChI is InChI=1S/C27H42O2Si/c1-6-7-8-9-10-17-22-28-30(25-18-13-11-14-19-25,26-20-15-12-16-21-26)29-27(23(2)3)24(4)5/h11-16,18-21,23-24,27H,6-10,17,22H2,1-5H3. The SMILES string of the molecule is CCCCCCCCO[Si](OC(C(C)C)C(C)C)(c1ccccc1)c1ccccc1. The first-order valence-electron chi connectivity index (χ1n) is 11.9. The van der Waals surface area contributed by atoms with Crippen molar-refractivity contribution < 1.29 is 8.85 Å². The van der Waals surface area contributed by atoms with Gasteiger partial charge in [-0.3, -0.25) is 0 Å². The van der Waals surface area contributed by atoms with Crippen LogP contribution in [0.1, 0.15) is 73.1 Å². The highest BCUT2D eigenvalue weighted by Crippen LogP contribution is 2.23. The quantitative estimate of drug-likeness (QED) is 0.260. The van der Waals surface area contributed by atoms with E-state index in [0.717, 1.165) is 13.0 Å². The van der Waals surface area contributed by atoms with Gasteiger partial charge in [0.05, 0.1) is 6.10 Å². The summed E-state index contributed by atoms with van der Waals surface area (Å²) >= 11 is 0. The van der Waals surface area contributed by atoms with Crippen molar-refractivity contribution in [1.29, 1.82) is 0 Å². The molecule has 2 rings (SSSR count). The molecule has 0 saturated carbocycles. The molecule has 0 heterocycles. The molecule has 30 heavy (non-hydrogen) atoms. The fraction of sp³-hybridized carbons (Fsp3) is 0.556. The van der Waals surface area contributed by atoms with E-state index in [1.807, 2.05) is 0 Å². The Bertz CT molecular complexity index is 637. The molecule has 0 spiro atoms. The molecule has 0 radical (unpaired) electrons. The van der Waals surface area contributed by atoms with E-state index in [2.05, 4.69) is 95.3 Å². The molecule has 2 aromatic carbocycles. The summed E-state index contributed by atoms with van der Waals surface area (Å²) in [5.74, 6) is 0.865. The van der Waals surface area contributed by atoms with E-state index < -0.39 is 8.56 Å². The maximum atomic E-state index is 7.09. The fourth-order valence-electron chi connectivity index (χ4n) is 4.15. The van der Waals surface area contributed by atoms with Crippen LogP contribution in [0.15, 0.2) is 60.7 Å². The zero-order valence-corrected chi connectivity index (χ0v) is 20.8. The van der Waals surface area contributed by atoms with Gasteiger partial charge in [0.25, 0.3) is 0 Å². The summed E-state index contributed by atoms with van der Waals surface area (Å²) in [6, 6.07) is 21.4. The number of hydrogen-bond donors (Lipinski definition) is 0. The van der Waals surface area contributed by atoms with Gasteiger partial charge in [-0.25, -0.2) is 0 Å². The minimum atomic E-state index is -2.81. The molecular weight excluding hydrogens is 384 g/mol. The Labute approximate surface area is 186 Å². The summed E-state index contributed by atoms with van der Waals surface area (Å²) in [5, 5.41) is 2.40. The lowest BCUT2D eigenvalue weighted by Gasteiger charge is -2.38. The Morgan fingerprint density at radius 1 is 0.667 bits per heavy atom. The van der Waals surface area contributed by atoms with E-state index in [4.69, 9.17) is 8.85 Å². The Balaban J connectivity index is 2.32. The van der Waals surface area contributed by atoms with Crippen LogP contribution in [-0.2, 0) is 8.85 Å². The van der Waals surface area contributed by atoms with Crippen molar-refractivity contribution in [2.45, 2.75) is 79.2 Å². The largest absolute Gasteiger partial charge is 0.407 e. The Kier molecular flexibility index (Phi) is 10.8. The van der Waals surface area contributed by atoms with Crippen LogP contribution in [0, 0.1) is 11.8 Å². The van der Waals surface area contributed by atoms with Crippen molar-refractivity contribution >= 4 is 18.9 Å². The second-order valence-corrected chi connectivity index (χ2v) is 11.9. The zero-order valence-electron chi connectivity index (χ0n) is 19.8. The van der Waals surface area contributed by atoms with Crippen LogP contribution in [0.5, 0.6) is 0 Å². The lowest BCUT2D eigenvalue weighted by atomic mass is 9.97. The monoisotopic (exact) mass is 426 g/mol. The molecule has 0 aliphatic rings. The first-order valence-corrected chi connectivity index (χ1v) is 13.8. The van der Waals surface area contributed by atoms with Crippen LogP contribution < -0.4 is 10.4 Å². The van der Waals surface area contributed by atoms with Gasteiger partial charge in [-0.05, 0) is 28.6 Å². The van der Waals surface area contributed by atoms with Gasteiger partial charge in [0, 0.05) is 6.61 Å². The Morgan fingerprint density at radius 2 is 1.13 bits per heavy atom. The van der Waals surface area contributed by atoms with Crippen molar-refractivity contribution in [2.24, 2.45) is 11.8 Å². The smallest absolute Gasteiger partial charge is 0.388 e. The van der Waals surface area contributed by atoms with E-state index in [1.54, 1.807) is 0 Å². The third-order valence-corrected chi connectivity index (χ3v) is 9.13. The highest BCUT2D eigenvalue weighted by atomic mass is 28.4. The third kappa shape index (κ3) is 7.07. The van der Waals surface area contributed by atoms with Crippen LogP contribution in [0.25, 0.3) is 0 Å². The summed E-state index contributed by atoms with van der Waals surface area (Å²) in [6.45, 7) is 12.0. The molecule has 2 nitrogen and oxygen atoms in total. The maximum absolute atomic E-state index is 7.09. The Morgan fingerprint density at radius 3 is 1.60 bits per heavy atom. The molecule has 0 N–H and O–H groups in total. The van der Waals surface area contributed by atoms with Gasteiger partial charge >= 0.3 is 8.56 Å². The summed E-state index contributed by atoms with van der Waals surface area (Å²) in [6.07, 6.45) is 7.72. The average Bonchev–Trinajstić information content (AvgIpc) is 2.76. The van der Waals surface area contributed by atoms with Crippen molar-refractivity contribution in [3.8, 4) is 0 Å². The van der Waals surface area contributed by atoms with Gasteiger partial charge in [-0.2, -0.15) is 0 Å². The molecule has 0 saturated heterocycles. The van der Waals surface area contributed by atoms with Gasteiger partial charge in [-0.15, -0.1) is 0 Å². The zero-order chi connectivity index (χ0) is 21.8. The molecule has 0 amide bonds. The normalized spacial score (nSPS) is 12.3. The topological polar surface area (TPSA) is 18.5 Å². The van der Waals surface area contributed by atoms with E-state index in [-0.39, 0.29) is 6.10 Å². The minimum Gasteiger partial charge on any atom is -0.388 e. The number of rotatable bonds is 14. The second kappa shape index (κ2) is 13.1. The molecule has 0 aliphatic carbocycles. The van der Waals surface area contributed by atoms with Crippen LogP contribution >= 0.6 is 0 Å². The van der Waals surface area contributed by atoms with Gasteiger partial charge in [0.1, 0.15) is 0 Å². The van der Waals surface area contributed by atoms with Gasteiger partial charge in [0.2, 0.25) is 0 Å². The van der Waals surface area contributed by atoms with Crippen molar-refractivity contribution in [1.82, 2.24) is 0 Å². The van der Waals surface area contributed by atoms with Gasteiger partial charge in [0.15, 0.2) is 0 Å². The summed E-state index contributed by atoms with van der Waals surface area (Å²) in [5.41, 5.74) is 0. The predicted molar refractivity (Wildman–Crippen MR) is 132 cm³/mol. The molecule has 0 aromatic heterocycles. The predicted octanol–water partition coefficient (Wildman–Crippen LogP) is 6.32. The van der Waals surface area contributed by atoms with E-state index in [0.29, 0.717) is 11.8 Å². The number of hydrogen-bond acceptors (Lipinski definition) is 2. The van der Waals surface area contributed by atoms with Crippen LogP contribution in [0.3, 0.4) is 0 Å². The van der Waals surface area contributed by atoms with E-state index in [9.17, 15) is 0 Å². The van der Waals surface area contributed by atoms with Crippen molar-refractivity contribution in [2.75, 3.05) is 6.61 Å². The van der Waals surface area contributed by atoms with Crippen molar-refractivity contribution in [3.63, 3.8) is 0 Å². The molecule has 2 aromatic rings. The second-order valence-electron chi connectivity index (χ2n) is 9.04. The van der Waals surface area contributed by atoms with Crippen molar-refractivity contribution in [3.05, 3.63) is 60.7 Å². The fourth-order valence-corrected chi connectivity index (χ4v) is 7.78. The number of unbranched alkanes of at least 4 members (excludes halogenated alkanes) is 5. The Hall–Kier alpha value is -1.42. The molecule has 0 bridgehead atoms. The summed E-state index contributed by atoms with van der Waals surface area (Å²) < 4.78 is 14.0. The molecule has 0 unspecified atom stereocenters. The van der Waals surface area contributed by atoms with Crippen LogP contribution in [-0.4, -0.2) is 21.3 Å². The first-order chi connectivity index (χ1) is 14.5. The molecule has 0 aliphatic heterocycles. The molecule has 166 valence electrons. The third-order valence-electron chi connectivity index (χ3n) is 5.73. The highest BCUT2D eigenvalue weighted by Gasteiger charge is 2.45. The van der Waals surface area contributed by atoms with Gasteiger partial charge < -0.3 is 8.85 Å². The molecule has 0 atom stereocenters. The van der Waals surface area contributed by atoms with Crippen LogP contribution in [0.4, 0.5) is 0 Å². The lowest BCUT2D eigenvalue weighted by molar-refractivity contribution is 0.0630. The minimum absolute atomic E-state index is 0.154. The molecule has 3 heteroatoms. The summed E-state index contributed by atoms with van der Waals surface area (Å²) in [7, 11) is -2.81. The van der Waals surface area contributed by atoms with E-state index >= 15 is 0 Å². The number of benzene rings is 2. The molecular formula is C27H42O2Si. The summed E-state index contributed by atoms with van der Waals surface area (Å²) in [4.78, 5) is 0. The first kappa shape index (κ1) is 24.8. The lowest BCUT2D eigenvalue weighted by Crippen LogP contribution is -2.65. The average molecular weight is 427 g/mol. The van der Waals surface area contributed by atoms with E-state index in [1.165, 1.54) is 42.5 Å². The maximum Gasteiger partial charge on any atom is 0.407 e. The highest BCUT2D eigenvalue weighted by molar-refractivity contribution is 6.92. The van der Waals surface area contributed by atoms with Crippen LogP contribution in [0.2, 0.25) is 0 Å². The van der Waals surface area contributed by atoms with Gasteiger partial charge in [-0.1, -0.05) is 127 Å².